The van der Waals surface area contributed by atoms with Crippen LogP contribution in [-0.2, 0) is 12.8 Å². The van der Waals surface area contributed by atoms with Crippen LogP contribution in [0.4, 0.5) is 8.78 Å². The molecule has 2 aromatic rings. The molecule has 1 aliphatic carbocycles. The predicted molar refractivity (Wildman–Crippen MR) is 73.6 cm³/mol. The van der Waals surface area contributed by atoms with Crippen molar-refractivity contribution in [2.75, 3.05) is 0 Å². The molecular weight excluding hydrogens is 258 g/mol. The molecule has 0 bridgehead atoms. The van der Waals surface area contributed by atoms with E-state index in [4.69, 9.17) is 0 Å². The summed E-state index contributed by atoms with van der Waals surface area (Å²) in [4.78, 5) is 0. The van der Waals surface area contributed by atoms with Crippen LogP contribution in [0, 0.1) is 11.6 Å². The van der Waals surface area contributed by atoms with Crippen molar-refractivity contribution in [2.45, 2.75) is 31.3 Å². The summed E-state index contributed by atoms with van der Waals surface area (Å²) in [5.41, 5.74) is 2.93. The molecule has 20 heavy (non-hydrogen) atoms. The Balaban J connectivity index is 1.79. The molecule has 2 unspecified atom stereocenters. The number of hydrogen-bond donors (Lipinski definition) is 1. The molecule has 1 aliphatic rings. The van der Waals surface area contributed by atoms with Gasteiger partial charge in [-0.25, -0.2) is 8.78 Å². The van der Waals surface area contributed by atoms with E-state index in [-0.39, 0.29) is 12.3 Å². The topological polar surface area (TPSA) is 20.2 Å². The molecule has 2 aromatic carbocycles. The van der Waals surface area contributed by atoms with Gasteiger partial charge in [0.1, 0.15) is 11.6 Å². The Bertz CT molecular complexity index is 604. The number of aliphatic hydroxyl groups excluding tert-OH is 1. The Hall–Kier alpha value is -1.74. The zero-order valence-electron chi connectivity index (χ0n) is 11.0. The molecule has 1 N–H and O–H groups in total. The van der Waals surface area contributed by atoms with Crippen LogP contribution in [-0.4, -0.2) is 11.2 Å². The maximum Gasteiger partial charge on any atom is 0.126 e. The smallest absolute Gasteiger partial charge is 0.126 e. The minimum atomic E-state index is -0.611. The van der Waals surface area contributed by atoms with Gasteiger partial charge in [-0.1, -0.05) is 24.3 Å². The lowest BCUT2D eigenvalue weighted by atomic mass is 9.91. The van der Waals surface area contributed by atoms with E-state index in [1.807, 2.05) is 18.2 Å². The summed E-state index contributed by atoms with van der Waals surface area (Å²) in [6.45, 7) is 0. The first-order valence-corrected chi connectivity index (χ1v) is 6.84. The number of benzene rings is 2. The number of aliphatic hydroxyl groups is 1. The SMILES string of the molecule is OC(Cc1cc(F)cc(F)c1)C1CCc2ccccc21. The molecule has 0 aromatic heterocycles. The highest BCUT2D eigenvalue weighted by Gasteiger charge is 2.28. The summed E-state index contributed by atoms with van der Waals surface area (Å²) in [6.07, 6.45) is 1.50. The number of aryl methyl sites for hydroxylation is 1. The molecule has 0 heterocycles. The third-order valence-corrected chi connectivity index (χ3v) is 4.01. The summed E-state index contributed by atoms with van der Waals surface area (Å²) < 4.78 is 26.3. The standard InChI is InChI=1S/C17H16F2O/c18-13-7-11(8-14(19)10-13)9-17(20)16-6-5-12-3-1-2-4-15(12)16/h1-4,7-8,10,16-17,20H,5-6,9H2. The van der Waals surface area contributed by atoms with Gasteiger partial charge < -0.3 is 5.11 Å². The lowest BCUT2D eigenvalue weighted by molar-refractivity contribution is 0.143. The number of rotatable bonds is 3. The first kappa shape index (κ1) is 13.3. The van der Waals surface area contributed by atoms with Crippen molar-refractivity contribution >= 4 is 0 Å². The monoisotopic (exact) mass is 274 g/mol. The van der Waals surface area contributed by atoms with Gasteiger partial charge in [0.05, 0.1) is 6.10 Å². The third-order valence-electron chi connectivity index (χ3n) is 4.01. The molecule has 104 valence electrons. The van der Waals surface area contributed by atoms with E-state index >= 15 is 0 Å². The Labute approximate surface area is 116 Å². The van der Waals surface area contributed by atoms with Crippen molar-refractivity contribution < 1.29 is 13.9 Å². The lowest BCUT2D eigenvalue weighted by Crippen LogP contribution is -2.19. The molecule has 0 saturated heterocycles. The quantitative estimate of drug-likeness (QED) is 0.906. The van der Waals surface area contributed by atoms with E-state index in [9.17, 15) is 13.9 Å². The Kier molecular flexibility index (Phi) is 3.53. The summed E-state index contributed by atoms with van der Waals surface area (Å²) in [6, 6.07) is 11.5. The average Bonchev–Trinajstić information content (AvgIpc) is 2.81. The van der Waals surface area contributed by atoms with Gasteiger partial charge in [-0.05, 0) is 48.1 Å². The second-order valence-corrected chi connectivity index (χ2v) is 5.39. The fourth-order valence-corrected chi connectivity index (χ4v) is 3.10. The Morgan fingerprint density at radius 2 is 1.80 bits per heavy atom. The van der Waals surface area contributed by atoms with Gasteiger partial charge in [0.25, 0.3) is 0 Å². The van der Waals surface area contributed by atoms with Crippen LogP contribution >= 0.6 is 0 Å². The second kappa shape index (κ2) is 5.33. The molecular formula is C17H16F2O. The minimum absolute atomic E-state index is 0.0533. The molecule has 0 fully saturated rings. The van der Waals surface area contributed by atoms with Crippen molar-refractivity contribution in [3.8, 4) is 0 Å². The molecule has 3 heteroatoms. The third kappa shape index (κ3) is 2.59. The summed E-state index contributed by atoms with van der Waals surface area (Å²) in [7, 11) is 0. The number of halogens is 2. The van der Waals surface area contributed by atoms with E-state index in [0.29, 0.717) is 5.56 Å². The molecule has 0 amide bonds. The van der Waals surface area contributed by atoms with Gasteiger partial charge in [-0.15, -0.1) is 0 Å². The zero-order chi connectivity index (χ0) is 14.1. The van der Waals surface area contributed by atoms with Crippen molar-refractivity contribution in [1.82, 2.24) is 0 Å². The minimum Gasteiger partial charge on any atom is -0.392 e. The normalized spacial score (nSPS) is 18.9. The van der Waals surface area contributed by atoms with Crippen LogP contribution in [0.25, 0.3) is 0 Å². The van der Waals surface area contributed by atoms with Crippen molar-refractivity contribution in [3.63, 3.8) is 0 Å². The zero-order valence-corrected chi connectivity index (χ0v) is 11.0. The largest absolute Gasteiger partial charge is 0.392 e. The lowest BCUT2D eigenvalue weighted by Gasteiger charge is -2.19. The van der Waals surface area contributed by atoms with Gasteiger partial charge in [-0.3, -0.25) is 0 Å². The second-order valence-electron chi connectivity index (χ2n) is 5.39. The van der Waals surface area contributed by atoms with Crippen molar-refractivity contribution in [1.29, 1.82) is 0 Å². The van der Waals surface area contributed by atoms with Gasteiger partial charge in [0, 0.05) is 12.0 Å². The maximum atomic E-state index is 13.2. The molecule has 0 saturated carbocycles. The molecule has 1 nitrogen and oxygen atoms in total. The highest BCUT2D eigenvalue weighted by atomic mass is 19.1. The van der Waals surface area contributed by atoms with Gasteiger partial charge >= 0.3 is 0 Å². The first-order chi connectivity index (χ1) is 9.63. The Morgan fingerprint density at radius 1 is 1.10 bits per heavy atom. The van der Waals surface area contributed by atoms with E-state index in [1.165, 1.54) is 17.7 Å². The van der Waals surface area contributed by atoms with E-state index in [0.717, 1.165) is 24.5 Å². The molecule has 3 rings (SSSR count). The van der Waals surface area contributed by atoms with Gasteiger partial charge in [0.2, 0.25) is 0 Å². The number of fused-ring (bicyclic) bond motifs is 1. The van der Waals surface area contributed by atoms with Crippen LogP contribution in [0.5, 0.6) is 0 Å². The van der Waals surface area contributed by atoms with E-state index < -0.39 is 17.7 Å². The molecule has 0 spiro atoms. The summed E-state index contributed by atoms with van der Waals surface area (Å²) in [5, 5.41) is 10.4. The van der Waals surface area contributed by atoms with Gasteiger partial charge in [-0.2, -0.15) is 0 Å². The van der Waals surface area contributed by atoms with E-state index in [2.05, 4.69) is 6.07 Å². The van der Waals surface area contributed by atoms with Crippen molar-refractivity contribution in [3.05, 3.63) is 70.8 Å². The molecule has 2 atom stereocenters. The first-order valence-electron chi connectivity index (χ1n) is 6.84. The number of hydrogen-bond acceptors (Lipinski definition) is 1. The van der Waals surface area contributed by atoms with Crippen LogP contribution < -0.4 is 0 Å². The van der Waals surface area contributed by atoms with Crippen molar-refractivity contribution in [2.24, 2.45) is 0 Å². The molecule has 0 aliphatic heterocycles. The predicted octanol–water partition coefficient (Wildman–Crippen LogP) is 3.60. The highest BCUT2D eigenvalue weighted by Crippen LogP contribution is 2.36. The van der Waals surface area contributed by atoms with Crippen LogP contribution in [0.2, 0.25) is 0 Å². The fourth-order valence-electron chi connectivity index (χ4n) is 3.10. The van der Waals surface area contributed by atoms with Crippen LogP contribution in [0.1, 0.15) is 29.0 Å². The Morgan fingerprint density at radius 3 is 2.55 bits per heavy atom. The van der Waals surface area contributed by atoms with Crippen LogP contribution in [0.15, 0.2) is 42.5 Å². The highest BCUT2D eigenvalue weighted by molar-refractivity contribution is 5.36. The summed E-state index contributed by atoms with van der Waals surface area (Å²) >= 11 is 0. The summed E-state index contributed by atoms with van der Waals surface area (Å²) in [5.74, 6) is -1.14. The average molecular weight is 274 g/mol. The molecule has 0 radical (unpaired) electrons. The van der Waals surface area contributed by atoms with E-state index in [1.54, 1.807) is 0 Å². The van der Waals surface area contributed by atoms with Gasteiger partial charge in [0.15, 0.2) is 0 Å². The van der Waals surface area contributed by atoms with Crippen LogP contribution in [0.3, 0.4) is 0 Å². The maximum absolute atomic E-state index is 13.2. The fraction of sp³-hybridized carbons (Fsp3) is 0.294.